The van der Waals surface area contributed by atoms with Gasteiger partial charge in [-0.25, -0.2) is 24.4 Å². The van der Waals surface area contributed by atoms with Crippen molar-refractivity contribution in [3.63, 3.8) is 0 Å². The molecule has 0 bridgehead atoms. The Kier molecular flexibility index (Phi) is 9.53. The number of amides is 3. The van der Waals surface area contributed by atoms with Crippen LogP contribution in [0.5, 0.6) is 5.75 Å². The predicted molar refractivity (Wildman–Crippen MR) is 203 cm³/mol. The minimum absolute atomic E-state index is 0.0924. The Balaban J connectivity index is 1.03. The third-order valence-electron chi connectivity index (χ3n) is 8.87. The summed E-state index contributed by atoms with van der Waals surface area (Å²) in [6, 6.07) is 24.8. The van der Waals surface area contributed by atoms with Gasteiger partial charge in [-0.05, 0) is 61.7 Å². The first-order valence-electron chi connectivity index (χ1n) is 17.3. The molecule has 1 aliphatic heterocycles. The van der Waals surface area contributed by atoms with Crippen molar-refractivity contribution in [2.75, 3.05) is 29.0 Å². The van der Waals surface area contributed by atoms with E-state index in [1.54, 1.807) is 15.8 Å². The van der Waals surface area contributed by atoms with E-state index in [0.29, 0.717) is 34.6 Å². The van der Waals surface area contributed by atoms with Gasteiger partial charge in [0.25, 0.3) is 5.91 Å². The Labute approximate surface area is 302 Å². The lowest BCUT2D eigenvalue weighted by Crippen LogP contribution is -2.28. The van der Waals surface area contributed by atoms with E-state index in [9.17, 15) is 9.59 Å². The summed E-state index contributed by atoms with van der Waals surface area (Å²) in [4.78, 5) is 41.0. The Morgan fingerprint density at radius 3 is 2.33 bits per heavy atom. The first-order valence-corrected chi connectivity index (χ1v) is 17.3. The molecule has 52 heavy (non-hydrogen) atoms. The molecule has 0 aliphatic carbocycles. The minimum Gasteiger partial charge on any atom is -0.488 e. The number of rotatable bonds is 9. The first-order chi connectivity index (χ1) is 25.1. The number of hydrogen-bond donors (Lipinski definition) is 3. The molecule has 0 spiro atoms. The van der Waals surface area contributed by atoms with E-state index in [0.717, 1.165) is 59.2 Å². The van der Waals surface area contributed by atoms with Crippen LogP contribution in [0.3, 0.4) is 0 Å². The second-order valence-electron chi connectivity index (χ2n) is 13.9. The number of likely N-dealkylation sites (tertiary alicyclic amines) is 1. The molecule has 3 aromatic heterocycles. The van der Waals surface area contributed by atoms with Gasteiger partial charge >= 0.3 is 6.03 Å². The molecule has 3 N–H and O–H groups in total. The zero-order valence-electron chi connectivity index (χ0n) is 29.7. The largest absolute Gasteiger partial charge is 0.488 e. The number of urea groups is 1. The average Bonchev–Trinajstić information content (AvgIpc) is 3.83. The van der Waals surface area contributed by atoms with E-state index >= 15 is 0 Å². The summed E-state index contributed by atoms with van der Waals surface area (Å²) >= 11 is 0. The summed E-state index contributed by atoms with van der Waals surface area (Å²) in [5.74, 6) is 2.20. The number of anilines is 4. The van der Waals surface area contributed by atoms with Crippen LogP contribution in [0.1, 0.15) is 60.9 Å². The summed E-state index contributed by atoms with van der Waals surface area (Å²) in [6.07, 6.45) is 6.76. The van der Waals surface area contributed by atoms with E-state index in [1.165, 1.54) is 12.4 Å². The van der Waals surface area contributed by atoms with E-state index in [1.807, 2.05) is 85.8 Å². The lowest BCUT2D eigenvalue weighted by molar-refractivity contribution is 0.0786. The number of benzene rings is 3. The monoisotopic (exact) mass is 695 g/mol. The standard InChI is InChI=1S/C40H41N9O3/c1-26-11-13-28(14-12-26)49-37(22-34(47-49)40(2,3)4)46-39(51)44-31-15-16-33(30-10-6-5-9-29(30)31)52-25-27-17-18-41-35(21-27)45-36-24-42-32(23-43-36)38(50)48-19-7-8-20-48/h5-6,9-18,21-24H,7-8,19-20,25H2,1-4H3,(H,41,43,45)(H2,44,46,51). The fourth-order valence-corrected chi connectivity index (χ4v) is 6.01. The van der Waals surface area contributed by atoms with Gasteiger partial charge in [0.15, 0.2) is 0 Å². The lowest BCUT2D eigenvalue weighted by Gasteiger charge is -2.15. The quantitative estimate of drug-likeness (QED) is 0.138. The van der Waals surface area contributed by atoms with Crippen molar-refractivity contribution in [2.24, 2.45) is 0 Å². The molecule has 7 rings (SSSR count). The van der Waals surface area contributed by atoms with Crippen LogP contribution in [-0.4, -0.2) is 54.7 Å². The van der Waals surface area contributed by atoms with Gasteiger partial charge in [0.2, 0.25) is 0 Å². The van der Waals surface area contributed by atoms with Crippen molar-refractivity contribution < 1.29 is 14.3 Å². The molecule has 3 aromatic carbocycles. The zero-order valence-corrected chi connectivity index (χ0v) is 29.7. The van der Waals surface area contributed by atoms with Crippen LogP contribution in [0.25, 0.3) is 16.5 Å². The van der Waals surface area contributed by atoms with Crippen LogP contribution >= 0.6 is 0 Å². The number of carbonyl (C=O) groups excluding carboxylic acids is 2. The summed E-state index contributed by atoms with van der Waals surface area (Å²) in [7, 11) is 0. The number of nitrogens with zero attached hydrogens (tertiary/aromatic N) is 6. The van der Waals surface area contributed by atoms with Gasteiger partial charge in [0.1, 0.15) is 35.5 Å². The lowest BCUT2D eigenvalue weighted by atomic mass is 9.92. The number of pyridine rings is 1. The molecule has 0 saturated carbocycles. The molecule has 6 aromatic rings. The fourth-order valence-electron chi connectivity index (χ4n) is 6.01. The van der Waals surface area contributed by atoms with Crippen LogP contribution in [0, 0.1) is 6.92 Å². The summed E-state index contributed by atoms with van der Waals surface area (Å²) in [5, 5.41) is 15.7. The molecule has 0 atom stereocenters. The summed E-state index contributed by atoms with van der Waals surface area (Å²) in [5.41, 5.74) is 4.51. The van der Waals surface area contributed by atoms with Gasteiger partial charge in [-0.15, -0.1) is 0 Å². The van der Waals surface area contributed by atoms with Crippen LogP contribution in [0.4, 0.5) is 27.9 Å². The molecule has 0 unspecified atom stereocenters. The number of carbonyl (C=O) groups is 2. The number of nitrogens with one attached hydrogen (secondary N) is 3. The normalized spacial score (nSPS) is 12.9. The highest BCUT2D eigenvalue weighted by molar-refractivity contribution is 6.07. The van der Waals surface area contributed by atoms with E-state index in [2.05, 4.69) is 51.7 Å². The first kappa shape index (κ1) is 34.2. The Morgan fingerprint density at radius 2 is 1.60 bits per heavy atom. The number of hydrogen-bond acceptors (Lipinski definition) is 8. The van der Waals surface area contributed by atoms with Crippen LogP contribution in [0.15, 0.2) is 97.5 Å². The van der Waals surface area contributed by atoms with Crippen LogP contribution in [-0.2, 0) is 12.0 Å². The minimum atomic E-state index is -0.387. The van der Waals surface area contributed by atoms with Crippen molar-refractivity contribution in [3.05, 3.63) is 120 Å². The molecule has 264 valence electrons. The highest BCUT2D eigenvalue weighted by atomic mass is 16.5. The van der Waals surface area contributed by atoms with Crippen molar-refractivity contribution in [2.45, 2.75) is 52.6 Å². The average molecular weight is 696 g/mol. The highest BCUT2D eigenvalue weighted by Crippen LogP contribution is 2.33. The smallest absolute Gasteiger partial charge is 0.324 e. The van der Waals surface area contributed by atoms with Gasteiger partial charge in [-0.3, -0.25) is 10.1 Å². The van der Waals surface area contributed by atoms with Crippen molar-refractivity contribution in [3.8, 4) is 11.4 Å². The SMILES string of the molecule is Cc1ccc(-n2nc(C(C)(C)C)cc2NC(=O)Nc2ccc(OCc3ccnc(Nc4cnc(C(=O)N5CCCC5)cn4)c3)c3ccccc23)cc1. The molecule has 12 heteroatoms. The predicted octanol–water partition coefficient (Wildman–Crippen LogP) is 8.02. The van der Waals surface area contributed by atoms with Gasteiger partial charge in [-0.1, -0.05) is 62.7 Å². The maximum atomic E-state index is 13.4. The van der Waals surface area contributed by atoms with Crippen LogP contribution < -0.4 is 20.7 Å². The van der Waals surface area contributed by atoms with Crippen LogP contribution in [0.2, 0.25) is 0 Å². The van der Waals surface area contributed by atoms with E-state index in [4.69, 9.17) is 9.84 Å². The van der Waals surface area contributed by atoms with Crippen molar-refractivity contribution in [1.82, 2.24) is 29.6 Å². The Morgan fingerprint density at radius 1 is 0.827 bits per heavy atom. The molecule has 12 nitrogen and oxygen atoms in total. The third kappa shape index (κ3) is 7.70. The van der Waals surface area contributed by atoms with Gasteiger partial charge in [0, 0.05) is 41.5 Å². The second-order valence-corrected chi connectivity index (χ2v) is 13.9. The van der Waals surface area contributed by atoms with Crippen molar-refractivity contribution in [1.29, 1.82) is 0 Å². The van der Waals surface area contributed by atoms with E-state index < -0.39 is 0 Å². The maximum Gasteiger partial charge on any atom is 0.324 e. The summed E-state index contributed by atoms with van der Waals surface area (Å²) < 4.78 is 8.06. The molecule has 0 radical (unpaired) electrons. The Hall–Kier alpha value is -6.30. The number of aryl methyl sites for hydroxylation is 1. The van der Waals surface area contributed by atoms with Gasteiger partial charge in [-0.2, -0.15) is 5.10 Å². The van der Waals surface area contributed by atoms with Crippen molar-refractivity contribution >= 4 is 45.9 Å². The highest BCUT2D eigenvalue weighted by Gasteiger charge is 2.23. The fraction of sp³-hybridized carbons (Fsp3) is 0.250. The molecular weight excluding hydrogens is 654 g/mol. The zero-order chi connectivity index (χ0) is 36.2. The third-order valence-corrected chi connectivity index (χ3v) is 8.87. The molecule has 1 saturated heterocycles. The summed E-state index contributed by atoms with van der Waals surface area (Å²) in [6.45, 7) is 10.1. The molecule has 4 heterocycles. The Bertz CT molecular complexity index is 2220. The maximum absolute atomic E-state index is 13.4. The molecular formula is C40H41N9O3. The van der Waals surface area contributed by atoms with Gasteiger partial charge < -0.3 is 20.3 Å². The topological polar surface area (TPSA) is 139 Å². The van der Waals surface area contributed by atoms with E-state index in [-0.39, 0.29) is 24.0 Å². The second kappa shape index (κ2) is 14.5. The number of fused-ring (bicyclic) bond motifs is 1. The molecule has 1 fully saturated rings. The number of ether oxygens (including phenoxy) is 1. The molecule has 3 amide bonds. The van der Waals surface area contributed by atoms with Gasteiger partial charge in [0.05, 0.1) is 29.5 Å². The molecule has 1 aliphatic rings. The number of aromatic nitrogens is 5.